The predicted molar refractivity (Wildman–Crippen MR) is 67.6 cm³/mol. The van der Waals surface area contributed by atoms with Crippen LogP contribution < -0.4 is 0 Å². The summed E-state index contributed by atoms with van der Waals surface area (Å²) < 4.78 is 5.16. The van der Waals surface area contributed by atoms with Gasteiger partial charge in [-0.05, 0) is 25.1 Å². The Morgan fingerprint density at radius 3 is 2.72 bits per heavy atom. The molecule has 0 atom stereocenters. The van der Waals surface area contributed by atoms with Crippen LogP contribution in [0.25, 0.3) is 0 Å². The van der Waals surface area contributed by atoms with E-state index in [1.807, 2.05) is 6.92 Å². The highest BCUT2D eigenvalue weighted by Gasteiger charge is 2.16. The summed E-state index contributed by atoms with van der Waals surface area (Å²) in [6.07, 6.45) is 2.77. The molecule has 0 fully saturated rings. The van der Waals surface area contributed by atoms with Crippen LogP contribution in [-0.4, -0.2) is 41.8 Å². The molecule has 5 nitrogen and oxygen atoms in total. The number of nitrogens with zero attached hydrogens (tertiary/aromatic N) is 2. The first-order chi connectivity index (χ1) is 8.58. The van der Waals surface area contributed by atoms with Crippen molar-refractivity contribution >= 4 is 11.8 Å². The van der Waals surface area contributed by atoms with E-state index in [4.69, 9.17) is 4.42 Å². The van der Waals surface area contributed by atoms with Crippen LogP contribution in [0.5, 0.6) is 0 Å². The lowest BCUT2D eigenvalue weighted by Crippen LogP contribution is -2.40. The standard InChI is InChI=1S/C13H18N2O3/c1-4-12(16)15(5-2)10-13(17)14(3)9-11-7-6-8-18-11/h4,6-8H,1,5,9-10H2,2-3H3. The first-order valence-corrected chi connectivity index (χ1v) is 5.76. The number of furan rings is 1. The van der Waals surface area contributed by atoms with E-state index in [0.29, 0.717) is 18.8 Å². The molecule has 0 N–H and O–H groups in total. The second-order valence-electron chi connectivity index (χ2n) is 3.89. The molecule has 1 aromatic heterocycles. The molecule has 98 valence electrons. The molecule has 5 heteroatoms. The van der Waals surface area contributed by atoms with Crippen LogP contribution in [-0.2, 0) is 16.1 Å². The van der Waals surface area contributed by atoms with Crippen LogP contribution in [0.1, 0.15) is 12.7 Å². The maximum absolute atomic E-state index is 11.9. The topological polar surface area (TPSA) is 53.8 Å². The second kappa shape index (κ2) is 6.64. The fraction of sp³-hybridized carbons (Fsp3) is 0.385. The SMILES string of the molecule is C=CC(=O)N(CC)CC(=O)N(C)Cc1ccco1. The van der Waals surface area contributed by atoms with Crippen molar-refractivity contribution in [2.75, 3.05) is 20.1 Å². The number of likely N-dealkylation sites (N-methyl/N-ethyl adjacent to an activating group) is 2. The van der Waals surface area contributed by atoms with Crippen molar-refractivity contribution in [1.29, 1.82) is 0 Å². The third kappa shape index (κ3) is 3.76. The largest absolute Gasteiger partial charge is 0.467 e. The van der Waals surface area contributed by atoms with Crippen molar-refractivity contribution in [2.24, 2.45) is 0 Å². The van der Waals surface area contributed by atoms with Gasteiger partial charge in [-0.25, -0.2) is 0 Å². The quantitative estimate of drug-likeness (QED) is 0.714. The molecule has 1 rings (SSSR count). The summed E-state index contributed by atoms with van der Waals surface area (Å²) in [5.41, 5.74) is 0. The summed E-state index contributed by atoms with van der Waals surface area (Å²) in [4.78, 5) is 26.3. The van der Waals surface area contributed by atoms with Gasteiger partial charge in [-0.3, -0.25) is 9.59 Å². The Balaban J connectivity index is 2.53. The van der Waals surface area contributed by atoms with Crippen LogP contribution in [0.4, 0.5) is 0 Å². The lowest BCUT2D eigenvalue weighted by atomic mass is 10.3. The van der Waals surface area contributed by atoms with E-state index in [-0.39, 0.29) is 18.4 Å². The molecule has 2 amide bonds. The average Bonchev–Trinajstić information content (AvgIpc) is 2.87. The minimum absolute atomic E-state index is 0.0541. The molecule has 0 bridgehead atoms. The van der Waals surface area contributed by atoms with Gasteiger partial charge < -0.3 is 14.2 Å². The molecule has 18 heavy (non-hydrogen) atoms. The number of amides is 2. The first-order valence-electron chi connectivity index (χ1n) is 5.76. The van der Waals surface area contributed by atoms with Gasteiger partial charge in [0.25, 0.3) is 0 Å². The van der Waals surface area contributed by atoms with E-state index in [0.717, 1.165) is 0 Å². The first kappa shape index (κ1) is 14.0. The van der Waals surface area contributed by atoms with Gasteiger partial charge in [0.15, 0.2) is 0 Å². The Bertz CT molecular complexity index is 412. The molecule has 0 saturated heterocycles. The smallest absolute Gasteiger partial charge is 0.246 e. The number of hydrogen-bond donors (Lipinski definition) is 0. The van der Waals surface area contributed by atoms with Crippen LogP contribution in [0.3, 0.4) is 0 Å². The summed E-state index contributed by atoms with van der Waals surface area (Å²) in [6, 6.07) is 3.57. The average molecular weight is 250 g/mol. The van der Waals surface area contributed by atoms with Crippen molar-refractivity contribution < 1.29 is 14.0 Å². The van der Waals surface area contributed by atoms with Gasteiger partial charge >= 0.3 is 0 Å². The van der Waals surface area contributed by atoms with Crippen molar-refractivity contribution in [3.8, 4) is 0 Å². The molecule has 0 aromatic carbocycles. The normalized spacial score (nSPS) is 9.89. The van der Waals surface area contributed by atoms with Gasteiger partial charge in [0, 0.05) is 13.6 Å². The Hall–Kier alpha value is -2.04. The van der Waals surface area contributed by atoms with E-state index in [1.54, 1.807) is 25.4 Å². The molecule has 0 aliphatic heterocycles. The molecular weight excluding hydrogens is 232 g/mol. The Morgan fingerprint density at radius 2 is 2.22 bits per heavy atom. The number of carbonyl (C=O) groups is 2. The predicted octanol–water partition coefficient (Wildman–Crippen LogP) is 1.27. The third-order valence-electron chi connectivity index (χ3n) is 2.59. The van der Waals surface area contributed by atoms with Crippen LogP contribution >= 0.6 is 0 Å². The number of carbonyl (C=O) groups excluding carboxylic acids is 2. The zero-order valence-electron chi connectivity index (χ0n) is 10.8. The van der Waals surface area contributed by atoms with Crippen LogP contribution in [0, 0.1) is 0 Å². The minimum Gasteiger partial charge on any atom is -0.467 e. The fourth-order valence-corrected chi connectivity index (χ4v) is 1.48. The Kier molecular flexibility index (Phi) is 5.17. The molecule has 0 radical (unpaired) electrons. The van der Waals surface area contributed by atoms with Gasteiger partial charge in [-0.1, -0.05) is 6.58 Å². The summed E-state index contributed by atoms with van der Waals surface area (Å²) in [5.74, 6) is 0.338. The van der Waals surface area contributed by atoms with Gasteiger partial charge in [0.2, 0.25) is 11.8 Å². The molecule has 0 aliphatic carbocycles. The van der Waals surface area contributed by atoms with E-state index in [2.05, 4.69) is 6.58 Å². The lowest BCUT2D eigenvalue weighted by molar-refractivity contribution is -0.137. The summed E-state index contributed by atoms with van der Waals surface area (Å²) in [7, 11) is 1.68. The van der Waals surface area contributed by atoms with Crippen molar-refractivity contribution in [3.05, 3.63) is 36.8 Å². The number of rotatable bonds is 6. The summed E-state index contributed by atoms with van der Waals surface area (Å²) >= 11 is 0. The van der Waals surface area contributed by atoms with Gasteiger partial charge in [-0.15, -0.1) is 0 Å². The summed E-state index contributed by atoms with van der Waals surface area (Å²) in [6.45, 7) is 6.16. The van der Waals surface area contributed by atoms with Crippen LogP contribution in [0.15, 0.2) is 35.5 Å². The maximum Gasteiger partial charge on any atom is 0.246 e. The highest BCUT2D eigenvalue weighted by Crippen LogP contribution is 2.04. The molecule has 0 spiro atoms. The molecule has 0 aliphatic rings. The zero-order valence-corrected chi connectivity index (χ0v) is 10.8. The Morgan fingerprint density at radius 1 is 1.50 bits per heavy atom. The third-order valence-corrected chi connectivity index (χ3v) is 2.59. The monoisotopic (exact) mass is 250 g/mol. The molecule has 0 unspecified atom stereocenters. The molecule has 1 heterocycles. The fourth-order valence-electron chi connectivity index (χ4n) is 1.48. The summed E-state index contributed by atoms with van der Waals surface area (Å²) in [5, 5.41) is 0. The number of hydrogen-bond acceptors (Lipinski definition) is 3. The van der Waals surface area contributed by atoms with Crippen molar-refractivity contribution in [1.82, 2.24) is 9.80 Å². The Labute approximate surface area is 107 Å². The minimum atomic E-state index is -0.239. The van der Waals surface area contributed by atoms with E-state index in [1.165, 1.54) is 15.9 Å². The van der Waals surface area contributed by atoms with Crippen LogP contribution in [0.2, 0.25) is 0 Å². The van der Waals surface area contributed by atoms with Crippen molar-refractivity contribution in [2.45, 2.75) is 13.5 Å². The van der Waals surface area contributed by atoms with E-state index >= 15 is 0 Å². The van der Waals surface area contributed by atoms with Gasteiger partial charge in [0.05, 0.1) is 19.4 Å². The lowest BCUT2D eigenvalue weighted by Gasteiger charge is -2.22. The van der Waals surface area contributed by atoms with Crippen molar-refractivity contribution in [3.63, 3.8) is 0 Å². The van der Waals surface area contributed by atoms with Gasteiger partial charge in [-0.2, -0.15) is 0 Å². The zero-order chi connectivity index (χ0) is 13.5. The second-order valence-corrected chi connectivity index (χ2v) is 3.89. The van der Waals surface area contributed by atoms with Gasteiger partial charge in [0.1, 0.15) is 5.76 Å². The van der Waals surface area contributed by atoms with E-state index < -0.39 is 0 Å². The van der Waals surface area contributed by atoms with E-state index in [9.17, 15) is 9.59 Å². The molecular formula is C13H18N2O3. The highest BCUT2D eigenvalue weighted by atomic mass is 16.3. The maximum atomic E-state index is 11.9. The molecule has 1 aromatic rings. The highest BCUT2D eigenvalue weighted by molar-refractivity contribution is 5.90. The molecule has 0 saturated carbocycles.